The first-order chi connectivity index (χ1) is 10.4. The van der Waals surface area contributed by atoms with Crippen molar-refractivity contribution in [3.63, 3.8) is 0 Å². The summed E-state index contributed by atoms with van der Waals surface area (Å²) in [6.07, 6.45) is -4.49. The minimum atomic E-state index is -4.50. The number of nitrogens with zero attached hydrogens (tertiary/aromatic N) is 2. The minimum Gasteiger partial charge on any atom is -0.375 e. The van der Waals surface area contributed by atoms with Crippen molar-refractivity contribution in [2.45, 2.75) is 19.2 Å². The van der Waals surface area contributed by atoms with E-state index in [2.05, 4.69) is 4.98 Å². The maximum absolute atomic E-state index is 12.8. The van der Waals surface area contributed by atoms with Gasteiger partial charge < -0.3 is 9.64 Å². The summed E-state index contributed by atoms with van der Waals surface area (Å²) < 4.78 is 44.0. The molecule has 0 saturated carbocycles. The van der Waals surface area contributed by atoms with Crippen LogP contribution in [0.5, 0.6) is 0 Å². The smallest absolute Gasteiger partial charge is 0.375 e. The summed E-state index contributed by atoms with van der Waals surface area (Å²) in [6, 6.07) is 4.63. The molecule has 4 nitrogen and oxygen atoms in total. The van der Waals surface area contributed by atoms with Gasteiger partial charge in [0.15, 0.2) is 5.01 Å². The van der Waals surface area contributed by atoms with E-state index in [-0.39, 0.29) is 23.1 Å². The molecule has 1 aliphatic rings. The van der Waals surface area contributed by atoms with Gasteiger partial charge in [-0.25, -0.2) is 4.98 Å². The summed E-state index contributed by atoms with van der Waals surface area (Å²) in [7, 11) is 0. The summed E-state index contributed by atoms with van der Waals surface area (Å²) in [5.41, 5.74) is 0.323. The molecular formula is C14H13F3N2O2S. The van der Waals surface area contributed by atoms with Crippen LogP contribution in [0.1, 0.15) is 22.3 Å². The maximum Gasteiger partial charge on any atom is 0.443 e. The number of fused-ring (bicyclic) bond motifs is 1. The molecule has 118 valence electrons. The van der Waals surface area contributed by atoms with E-state index in [1.807, 2.05) is 6.92 Å². The number of hydrogen-bond acceptors (Lipinski definition) is 4. The Kier molecular flexibility index (Phi) is 3.82. The predicted octanol–water partition coefficient (Wildman–Crippen LogP) is 3.18. The van der Waals surface area contributed by atoms with Crippen LogP contribution in [0.4, 0.5) is 13.2 Å². The van der Waals surface area contributed by atoms with Crippen molar-refractivity contribution < 1.29 is 22.7 Å². The summed E-state index contributed by atoms with van der Waals surface area (Å²) in [6.45, 7) is 3.36. The number of halogens is 3. The molecule has 1 saturated heterocycles. The Morgan fingerprint density at radius 3 is 2.82 bits per heavy atom. The van der Waals surface area contributed by atoms with Crippen LogP contribution in [0.2, 0.25) is 0 Å². The lowest BCUT2D eigenvalue weighted by atomic mass is 10.1. The van der Waals surface area contributed by atoms with E-state index in [0.717, 1.165) is 0 Å². The monoisotopic (exact) mass is 330 g/mol. The zero-order valence-electron chi connectivity index (χ0n) is 11.7. The van der Waals surface area contributed by atoms with Crippen molar-refractivity contribution in [2.75, 3.05) is 19.7 Å². The molecule has 8 heteroatoms. The molecule has 3 rings (SSSR count). The van der Waals surface area contributed by atoms with Crippen LogP contribution in [0.25, 0.3) is 10.2 Å². The fourth-order valence-corrected chi connectivity index (χ4v) is 3.22. The largest absolute Gasteiger partial charge is 0.443 e. The van der Waals surface area contributed by atoms with Crippen LogP contribution in [-0.4, -0.2) is 41.6 Å². The van der Waals surface area contributed by atoms with E-state index >= 15 is 0 Å². The molecule has 2 heterocycles. The van der Waals surface area contributed by atoms with E-state index in [9.17, 15) is 18.0 Å². The molecule has 0 atom stereocenters. The molecule has 2 aromatic rings. The second-order valence-corrected chi connectivity index (χ2v) is 5.99. The highest BCUT2D eigenvalue weighted by molar-refractivity contribution is 7.18. The number of aromatic nitrogens is 1. The van der Waals surface area contributed by atoms with Gasteiger partial charge in [0, 0.05) is 19.7 Å². The third-order valence-corrected chi connectivity index (χ3v) is 4.49. The van der Waals surface area contributed by atoms with Crippen molar-refractivity contribution in [3.05, 3.63) is 28.8 Å². The normalized spacial score (nSPS) is 16.1. The number of ether oxygens (including phenoxy) is 1. The van der Waals surface area contributed by atoms with Gasteiger partial charge in [0.1, 0.15) is 0 Å². The fraction of sp³-hybridized carbons (Fsp3) is 0.429. The van der Waals surface area contributed by atoms with Crippen LogP contribution in [0.15, 0.2) is 18.2 Å². The SMILES string of the molecule is CCOC1CN(C(=O)c2cccc3sc(C(F)(F)F)nc23)C1. The summed E-state index contributed by atoms with van der Waals surface area (Å²) in [5, 5.41) is -0.932. The van der Waals surface area contributed by atoms with Crippen molar-refractivity contribution in [1.29, 1.82) is 0 Å². The van der Waals surface area contributed by atoms with E-state index in [1.54, 1.807) is 11.0 Å². The number of hydrogen-bond donors (Lipinski definition) is 0. The molecule has 0 N–H and O–H groups in total. The molecule has 0 aliphatic carbocycles. The number of carbonyl (C=O) groups excluding carboxylic acids is 1. The quantitative estimate of drug-likeness (QED) is 0.868. The lowest BCUT2D eigenvalue weighted by Crippen LogP contribution is -2.54. The highest BCUT2D eigenvalue weighted by Crippen LogP contribution is 2.36. The number of alkyl halides is 3. The Hall–Kier alpha value is -1.67. The highest BCUT2D eigenvalue weighted by Gasteiger charge is 2.37. The van der Waals surface area contributed by atoms with Crippen LogP contribution in [0.3, 0.4) is 0 Å². The first-order valence-corrected chi connectivity index (χ1v) is 7.59. The van der Waals surface area contributed by atoms with Gasteiger partial charge in [-0.1, -0.05) is 6.07 Å². The molecule has 0 radical (unpaired) electrons. The van der Waals surface area contributed by atoms with E-state index in [0.29, 0.717) is 35.7 Å². The van der Waals surface area contributed by atoms with Gasteiger partial charge in [-0.3, -0.25) is 4.79 Å². The summed E-state index contributed by atoms with van der Waals surface area (Å²) in [5.74, 6) is -0.305. The number of thiazole rings is 1. The Morgan fingerprint density at radius 1 is 1.45 bits per heavy atom. The number of rotatable bonds is 3. The third kappa shape index (κ3) is 2.68. The maximum atomic E-state index is 12.8. The van der Waals surface area contributed by atoms with Crippen molar-refractivity contribution in [3.8, 4) is 0 Å². The number of benzene rings is 1. The zero-order chi connectivity index (χ0) is 15.9. The van der Waals surface area contributed by atoms with Crippen LogP contribution >= 0.6 is 11.3 Å². The molecule has 0 spiro atoms. The molecule has 0 unspecified atom stereocenters. The second kappa shape index (κ2) is 5.51. The summed E-state index contributed by atoms with van der Waals surface area (Å²) >= 11 is 0.550. The molecule has 1 aromatic heterocycles. The molecule has 1 amide bonds. The molecule has 1 aliphatic heterocycles. The highest BCUT2D eigenvalue weighted by atomic mass is 32.1. The van der Waals surface area contributed by atoms with Crippen LogP contribution < -0.4 is 0 Å². The zero-order valence-corrected chi connectivity index (χ0v) is 12.5. The van der Waals surface area contributed by atoms with E-state index in [4.69, 9.17) is 4.74 Å². The van der Waals surface area contributed by atoms with Gasteiger partial charge in [0.2, 0.25) is 0 Å². The van der Waals surface area contributed by atoms with Crippen molar-refractivity contribution >= 4 is 27.5 Å². The third-order valence-electron chi connectivity index (χ3n) is 3.43. The summed E-state index contributed by atoms with van der Waals surface area (Å²) in [4.78, 5) is 17.6. The molecular weight excluding hydrogens is 317 g/mol. The number of amides is 1. The fourth-order valence-electron chi connectivity index (χ4n) is 2.36. The van der Waals surface area contributed by atoms with Gasteiger partial charge in [0.05, 0.1) is 21.9 Å². The Balaban J connectivity index is 1.88. The average molecular weight is 330 g/mol. The van der Waals surface area contributed by atoms with Gasteiger partial charge in [0.25, 0.3) is 5.91 Å². The lowest BCUT2D eigenvalue weighted by molar-refractivity contribution is -0.137. The van der Waals surface area contributed by atoms with Gasteiger partial charge >= 0.3 is 6.18 Å². The van der Waals surface area contributed by atoms with E-state index < -0.39 is 11.2 Å². The topological polar surface area (TPSA) is 42.4 Å². The van der Waals surface area contributed by atoms with Crippen molar-refractivity contribution in [2.24, 2.45) is 0 Å². The molecule has 1 aromatic carbocycles. The molecule has 22 heavy (non-hydrogen) atoms. The van der Waals surface area contributed by atoms with Crippen LogP contribution in [-0.2, 0) is 10.9 Å². The van der Waals surface area contributed by atoms with Gasteiger partial charge in [-0.2, -0.15) is 13.2 Å². The standard InChI is InChI=1S/C14H13F3N2O2S/c1-2-21-8-6-19(7-8)12(20)9-4-3-5-10-11(9)18-13(22-10)14(15,16)17/h3-5,8H,2,6-7H2,1H3. The Labute approximate surface area is 128 Å². The van der Waals surface area contributed by atoms with Crippen LogP contribution in [0, 0.1) is 0 Å². The average Bonchev–Trinajstić information content (AvgIpc) is 2.85. The number of carbonyl (C=O) groups is 1. The first-order valence-electron chi connectivity index (χ1n) is 6.77. The second-order valence-electron chi connectivity index (χ2n) is 4.96. The number of para-hydroxylation sites is 1. The number of likely N-dealkylation sites (tertiary alicyclic amines) is 1. The lowest BCUT2D eigenvalue weighted by Gasteiger charge is -2.38. The van der Waals surface area contributed by atoms with E-state index in [1.165, 1.54) is 12.1 Å². The van der Waals surface area contributed by atoms with Crippen molar-refractivity contribution in [1.82, 2.24) is 9.88 Å². The first kappa shape index (κ1) is 15.2. The Bertz CT molecular complexity index is 708. The predicted molar refractivity (Wildman–Crippen MR) is 75.9 cm³/mol. The molecule has 1 fully saturated rings. The molecule has 0 bridgehead atoms. The minimum absolute atomic E-state index is 0.00863. The van der Waals surface area contributed by atoms with Gasteiger partial charge in [-0.15, -0.1) is 11.3 Å². The van der Waals surface area contributed by atoms with Gasteiger partial charge in [-0.05, 0) is 19.1 Å². The Morgan fingerprint density at radius 2 is 2.18 bits per heavy atom.